The summed E-state index contributed by atoms with van der Waals surface area (Å²) in [6, 6.07) is 6.24. The lowest BCUT2D eigenvalue weighted by atomic mass is 10.2. The highest BCUT2D eigenvalue weighted by Crippen LogP contribution is 2.12. The van der Waals surface area contributed by atoms with Crippen LogP contribution in [0.3, 0.4) is 0 Å². The van der Waals surface area contributed by atoms with Crippen molar-refractivity contribution in [1.29, 1.82) is 0 Å². The van der Waals surface area contributed by atoms with Crippen LogP contribution in [0.15, 0.2) is 24.3 Å². The van der Waals surface area contributed by atoms with E-state index in [1.54, 1.807) is 19.9 Å². The molecule has 0 spiro atoms. The lowest BCUT2D eigenvalue weighted by Crippen LogP contribution is -2.40. The van der Waals surface area contributed by atoms with Gasteiger partial charge in [0.25, 0.3) is 0 Å². The molecule has 0 saturated carbocycles. The zero-order valence-corrected chi connectivity index (χ0v) is 11.4. The van der Waals surface area contributed by atoms with Gasteiger partial charge in [-0.1, -0.05) is 12.1 Å². The number of hydrogen-bond donors (Lipinski definition) is 1. The van der Waals surface area contributed by atoms with Gasteiger partial charge in [0, 0.05) is 5.69 Å². The van der Waals surface area contributed by atoms with Crippen LogP contribution in [0.4, 0.5) is 5.69 Å². The molecule has 1 aromatic rings. The Labute approximate surface area is 112 Å². The summed E-state index contributed by atoms with van der Waals surface area (Å²) < 4.78 is 9.74. The maximum absolute atomic E-state index is 11.8. The van der Waals surface area contributed by atoms with Gasteiger partial charge < -0.3 is 14.8 Å². The Bertz CT molecular complexity index is 427. The van der Waals surface area contributed by atoms with Crippen molar-refractivity contribution in [3.05, 3.63) is 29.8 Å². The van der Waals surface area contributed by atoms with Crippen LogP contribution in [0.2, 0.25) is 0 Å². The van der Waals surface area contributed by atoms with E-state index >= 15 is 0 Å². The first-order valence-electron chi connectivity index (χ1n) is 6.25. The molecule has 0 aliphatic carbocycles. The zero-order chi connectivity index (χ0) is 14.3. The van der Waals surface area contributed by atoms with Crippen molar-refractivity contribution in [3.8, 4) is 0 Å². The molecule has 0 aromatic heterocycles. The Morgan fingerprint density at radius 2 is 1.74 bits per heavy atom. The number of ether oxygens (including phenoxy) is 2. The second kappa shape index (κ2) is 7.41. The summed E-state index contributed by atoms with van der Waals surface area (Å²) in [6.45, 7) is 5.73. The topological polar surface area (TPSA) is 64.6 Å². The fourth-order valence-electron chi connectivity index (χ4n) is 1.57. The molecule has 0 saturated heterocycles. The van der Waals surface area contributed by atoms with Gasteiger partial charge in [0.1, 0.15) is 0 Å². The van der Waals surface area contributed by atoms with Crippen LogP contribution in [-0.2, 0) is 19.1 Å². The number of esters is 2. The maximum atomic E-state index is 11.8. The van der Waals surface area contributed by atoms with Crippen LogP contribution in [0.5, 0.6) is 0 Å². The first-order chi connectivity index (χ1) is 9.08. The number of anilines is 1. The number of aryl methyl sites for hydroxylation is 1. The van der Waals surface area contributed by atoms with E-state index in [1.165, 1.54) is 0 Å². The second-order valence-corrected chi connectivity index (χ2v) is 3.95. The highest BCUT2D eigenvalue weighted by Gasteiger charge is 2.29. The van der Waals surface area contributed by atoms with Gasteiger partial charge in [0.15, 0.2) is 0 Å². The summed E-state index contributed by atoms with van der Waals surface area (Å²) in [5.41, 5.74) is 1.70. The number of carbonyl (C=O) groups excluding carboxylic acids is 2. The number of nitrogens with one attached hydrogen (secondary N) is 1. The first kappa shape index (κ1) is 15.0. The smallest absolute Gasteiger partial charge is 0.340 e. The van der Waals surface area contributed by atoms with Gasteiger partial charge >= 0.3 is 11.9 Å². The second-order valence-electron chi connectivity index (χ2n) is 3.95. The molecule has 0 radical (unpaired) electrons. The lowest BCUT2D eigenvalue weighted by molar-refractivity contribution is -0.155. The van der Waals surface area contributed by atoms with Crippen molar-refractivity contribution >= 4 is 17.6 Å². The Balaban J connectivity index is 2.84. The summed E-state index contributed by atoms with van der Waals surface area (Å²) in [5, 5.41) is 2.84. The quantitative estimate of drug-likeness (QED) is 0.628. The molecule has 0 aliphatic heterocycles. The predicted molar refractivity (Wildman–Crippen MR) is 71.9 cm³/mol. The van der Waals surface area contributed by atoms with Crippen LogP contribution in [0, 0.1) is 6.92 Å². The molecule has 0 amide bonds. The molecule has 0 atom stereocenters. The summed E-state index contributed by atoms with van der Waals surface area (Å²) >= 11 is 0. The predicted octanol–water partition coefficient (Wildman–Crippen LogP) is 1.90. The van der Waals surface area contributed by atoms with E-state index in [9.17, 15) is 9.59 Å². The molecule has 0 aliphatic rings. The average molecular weight is 265 g/mol. The van der Waals surface area contributed by atoms with Crippen molar-refractivity contribution in [2.75, 3.05) is 18.5 Å². The highest BCUT2D eigenvalue weighted by molar-refractivity contribution is 6.02. The number of rotatable bonds is 6. The fraction of sp³-hybridized carbons (Fsp3) is 0.429. The van der Waals surface area contributed by atoms with Crippen molar-refractivity contribution in [1.82, 2.24) is 0 Å². The van der Waals surface area contributed by atoms with Gasteiger partial charge in [-0.2, -0.15) is 0 Å². The van der Waals surface area contributed by atoms with Crippen molar-refractivity contribution in [3.63, 3.8) is 0 Å². The van der Waals surface area contributed by atoms with Gasteiger partial charge in [0.2, 0.25) is 6.04 Å². The van der Waals surface area contributed by atoms with Crippen molar-refractivity contribution in [2.45, 2.75) is 26.8 Å². The summed E-state index contributed by atoms with van der Waals surface area (Å²) in [4.78, 5) is 23.5. The molecule has 0 unspecified atom stereocenters. The highest BCUT2D eigenvalue weighted by atomic mass is 16.6. The molecule has 104 valence electrons. The molecule has 0 heterocycles. The Kier molecular flexibility index (Phi) is 5.85. The summed E-state index contributed by atoms with van der Waals surface area (Å²) in [7, 11) is 0. The number of hydrogen-bond acceptors (Lipinski definition) is 5. The van der Waals surface area contributed by atoms with Crippen LogP contribution in [0.25, 0.3) is 0 Å². The largest absolute Gasteiger partial charge is 0.464 e. The van der Waals surface area contributed by atoms with E-state index in [0.717, 1.165) is 5.56 Å². The molecule has 19 heavy (non-hydrogen) atoms. The van der Waals surface area contributed by atoms with E-state index in [1.807, 2.05) is 25.1 Å². The van der Waals surface area contributed by atoms with Gasteiger partial charge in [-0.3, -0.25) is 0 Å². The Morgan fingerprint density at radius 3 is 2.21 bits per heavy atom. The fourth-order valence-corrected chi connectivity index (χ4v) is 1.57. The lowest BCUT2D eigenvalue weighted by Gasteiger charge is -2.17. The average Bonchev–Trinajstić information content (AvgIpc) is 2.36. The minimum atomic E-state index is -1.14. The summed E-state index contributed by atoms with van der Waals surface area (Å²) in [5.74, 6) is -1.27. The maximum Gasteiger partial charge on any atom is 0.340 e. The summed E-state index contributed by atoms with van der Waals surface area (Å²) in [6.07, 6.45) is 0. The van der Waals surface area contributed by atoms with Crippen LogP contribution in [-0.4, -0.2) is 31.2 Å². The van der Waals surface area contributed by atoms with Crippen molar-refractivity contribution < 1.29 is 19.1 Å². The van der Waals surface area contributed by atoms with Gasteiger partial charge in [-0.05, 0) is 38.5 Å². The van der Waals surface area contributed by atoms with Gasteiger partial charge in [-0.15, -0.1) is 0 Å². The Morgan fingerprint density at radius 1 is 1.16 bits per heavy atom. The van der Waals surface area contributed by atoms with Gasteiger partial charge in [-0.25, -0.2) is 9.59 Å². The molecule has 0 fully saturated rings. The van der Waals surface area contributed by atoms with Gasteiger partial charge in [0.05, 0.1) is 13.2 Å². The monoisotopic (exact) mass is 265 g/mol. The first-order valence-corrected chi connectivity index (χ1v) is 6.25. The van der Waals surface area contributed by atoms with E-state index in [-0.39, 0.29) is 13.2 Å². The molecule has 5 heteroatoms. The van der Waals surface area contributed by atoms with Crippen LogP contribution in [0.1, 0.15) is 19.4 Å². The standard InChI is InChI=1S/C14H19NO4/c1-4-18-13(16)12(14(17)19-5-2)15-11-8-6-7-10(3)9-11/h6-9,12,15H,4-5H2,1-3H3. The molecular formula is C14H19NO4. The molecule has 1 aromatic carbocycles. The molecule has 1 rings (SSSR count). The third kappa shape index (κ3) is 4.62. The van der Waals surface area contributed by atoms with E-state index in [2.05, 4.69) is 5.32 Å². The number of benzene rings is 1. The third-order valence-electron chi connectivity index (χ3n) is 2.37. The van der Waals surface area contributed by atoms with Crippen molar-refractivity contribution in [2.24, 2.45) is 0 Å². The minimum Gasteiger partial charge on any atom is -0.464 e. The third-order valence-corrected chi connectivity index (χ3v) is 2.37. The van der Waals surface area contributed by atoms with E-state index in [0.29, 0.717) is 5.69 Å². The molecular weight excluding hydrogens is 246 g/mol. The number of carbonyl (C=O) groups is 2. The van der Waals surface area contributed by atoms with Crippen LogP contribution >= 0.6 is 0 Å². The minimum absolute atomic E-state index is 0.213. The Hall–Kier alpha value is -2.04. The normalized spacial score (nSPS) is 10.1. The van der Waals surface area contributed by atoms with Crippen LogP contribution < -0.4 is 5.32 Å². The SMILES string of the molecule is CCOC(=O)C(Nc1cccc(C)c1)C(=O)OCC. The molecule has 0 bridgehead atoms. The van der Waals surface area contributed by atoms with E-state index < -0.39 is 18.0 Å². The van der Waals surface area contributed by atoms with E-state index in [4.69, 9.17) is 9.47 Å². The zero-order valence-electron chi connectivity index (χ0n) is 11.4. The molecule has 5 nitrogen and oxygen atoms in total. The molecule has 1 N–H and O–H groups in total.